The molecule has 0 bridgehead atoms. The summed E-state index contributed by atoms with van der Waals surface area (Å²) in [6.07, 6.45) is 5.63. The number of nitrogens with zero attached hydrogens (tertiary/aromatic N) is 2. The van der Waals surface area contributed by atoms with Gasteiger partial charge in [0.15, 0.2) is 0 Å². The second kappa shape index (κ2) is 5.89. The molecule has 3 fully saturated rings. The van der Waals surface area contributed by atoms with E-state index in [2.05, 4.69) is 22.0 Å². The van der Waals surface area contributed by atoms with E-state index in [0.717, 1.165) is 17.9 Å². The van der Waals surface area contributed by atoms with Gasteiger partial charge in [-0.1, -0.05) is 13.3 Å². The van der Waals surface area contributed by atoms with Crippen LogP contribution in [0.1, 0.15) is 32.6 Å². The Hall–Kier alpha value is -0.120. The average molecular weight is 251 g/mol. The fraction of sp³-hybridized carbons (Fsp3) is 1.00. The fourth-order valence-corrected chi connectivity index (χ4v) is 4.38. The van der Waals surface area contributed by atoms with Gasteiger partial charge in [-0.2, -0.15) is 0 Å². The van der Waals surface area contributed by atoms with Crippen LogP contribution in [0.5, 0.6) is 0 Å². The fourth-order valence-electron chi connectivity index (χ4n) is 4.38. The maximum atomic E-state index is 3.58. The molecule has 3 aliphatic heterocycles. The van der Waals surface area contributed by atoms with E-state index in [-0.39, 0.29) is 0 Å². The van der Waals surface area contributed by atoms with Crippen molar-refractivity contribution < 1.29 is 0 Å². The van der Waals surface area contributed by atoms with E-state index in [1.165, 1.54) is 71.5 Å². The molecular weight excluding hydrogens is 222 g/mol. The highest BCUT2D eigenvalue weighted by Crippen LogP contribution is 2.33. The van der Waals surface area contributed by atoms with E-state index < -0.39 is 0 Å². The third-order valence-electron chi connectivity index (χ3n) is 5.39. The number of hydrogen-bond acceptors (Lipinski definition) is 3. The quantitative estimate of drug-likeness (QED) is 0.815. The Morgan fingerprint density at radius 3 is 2.67 bits per heavy atom. The highest BCUT2D eigenvalue weighted by atomic mass is 15.2. The minimum absolute atomic E-state index is 0.856. The number of piperidine rings is 1. The number of rotatable bonds is 4. The van der Waals surface area contributed by atoms with Gasteiger partial charge in [0.25, 0.3) is 0 Å². The van der Waals surface area contributed by atoms with Crippen LogP contribution in [0, 0.1) is 11.8 Å². The highest BCUT2D eigenvalue weighted by Gasteiger charge is 2.42. The summed E-state index contributed by atoms with van der Waals surface area (Å²) in [6.45, 7) is 11.6. The number of fused-ring (bicyclic) bond motifs is 1. The van der Waals surface area contributed by atoms with Gasteiger partial charge in [0, 0.05) is 25.7 Å². The zero-order valence-corrected chi connectivity index (χ0v) is 11.9. The third kappa shape index (κ3) is 2.59. The average Bonchev–Trinajstić information content (AvgIpc) is 2.97. The van der Waals surface area contributed by atoms with Gasteiger partial charge >= 0.3 is 0 Å². The van der Waals surface area contributed by atoms with Gasteiger partial charge in [0.2, 0.25) is 0 Å². The summed E-state index contributed by atoms with van der Waals surface area (Å²) in [4.78, 5) is 5.48. The Kier molecular flexibility index (Phi) is 4.22. The van der Waals surface area contributed by atoms with Crippen LogP contribution in [0.4, 0.5) is 0 Å². The zero-order chi connectivity index (χ0) is 12.4. The molecule has 104 valence electrons. The largest absolute Gasteiger partial charge is 0.316 e. The van der Waals surface area contributed by atoms with Crippen LogP contribution in [0.15, 0.2) is 0 Å². The molecular formula is C15H29N3. The summed E-state index contributed by atoms with van der Waals surface area (Å²) < 4.78 is 0. The summed E-state index contributed by atoms with van der Waals surface area (Å²) in [6, 6.07) is 0.856. The van der Waals surface area contributed by atoms with Crippen LogP contribution in [-0.4, -0.2) is 61.7 Å². The molecule has 3 saturated heterocycles. The number of hydrogen-bond donors (Lipinski definition) is 1. The molecule has 3 heteroatoms. The van der Waals surface area contributed by atoms with E-state index in [1.807, 2.05) is 0 Å². The molecule has 0 aromatic carbocycles. The van der Waals surface area contributed by atoms with Gasteiger partial charge in [-0.3, -0.25) is 4.90 Å². The molecule has 3 nitrogen and oxygen atoms in total. The molecule has 0 aromatic heterocycles. The van der Waals surface area contributed by atoms with Crippen molar-refractivity contribution in [2.45, 2.75) is 38.6 Å². The minimum Gasteiger partial charge on any atom is -0.316 e. The molecule has 0 spiro atoms. The van der Waals surface area contributed by atoms with E-state index in [4.69, 9.17) is 0 Å². The number of likely N-dealkylation sites (tertiary alicyclic amines) is 2. The highest BCUT2D eigenvalue weighted by molar-refractivity contribution is 4.98. The van der Waals surface area contributed by atoms with Gasteiger partial charge in [-0.15, -0.1) is 0 Å². The second-order valence-electron chi connectivity index (χ2n) is 6.46. The molecule has 1 N–H and O–H groups in total. The molecule has 3 unspecified atom stereocenters. The lowest BCUT2D eigenvalue weighted by atomic mass is 9.93. The van der Waals surface area contributed by atoms with Crippen molar-refractivity contribution in [2.24, 2.45) is 11.8 Å². The Balaban J connectivity index is 1.49. The van der Waals surface area contributed by atoms with Crippen LogP contribution in [-0.2, 0) is 0 Å². The summed E-state index contributed by atoms with van der Waals surface area (Å²) >= 11 is 0. The van der Waals surface area contributed by atoms with Crippen LogP contribution in [0.2, 0.25) is 0 Å². The van der Waals surface area contributed by atoms with Crippen molar-refractivity contribution in [3.8, 4) is 0 Å². The lowest BCUT2D eigenvalue weighted by molar-refractivity contribution is 0.161. The van der Waals surface area contributed by atoms with Crippen molar-refractivity contribution in [3.05, 3.63) is 0 Å². The van der Waals surface area contributed by atoms with Crippen molar-refractivity contribution in [1.82, 2.24) is 15.1 Å². The Bertz CT molecular complexity index is 262. The lowest BCUT2D eigenvalue weighted by Gasteiger charge is -2.31. The maximum absolute atomic E-state index is 3.58. The predicted octanol–water partition coefficient (Wildman–Crippen LogP) is 1.40. The van der Waals surface area contributed by atoms with Gasteiger partial charge < -0.3 is 10.2 Å². The van der Waals surface area contributed by atoms with Crippen LogP contribution in [0.25, 0.3) is 0 Å². The van der Waals surface area contributed by atoms with Crippen LogP contribution >= 0.6 is 0 Å². The molecule has 0 saturated carbocycles. The minimum atomic E-state index is 0.856. The summed E-state index contributed by atoms with van der Waals surface area (Å²) in [5.74, 6) is 1.88. The lowest BCUT2D eigenvalue weighted by Crippen LogP contribution is -2.41. The summed E-state index contributed by atoms with van der Waals surface area (Å²) in [5.41, 5.74) is 0. The van der Waals surface area contributed by atoms with Gasteiger partial charge in [0.1, 0.15) is 0 Å². The molecule has 0 aromatic rings. The maximum Gasteiger partial charge on any atom is 0.0137 e. The van der Waals surface area contributed by atoms with Crippen LogP contribution < -0.4 is 5.32 Å². The van der Waals surface area contributed by atoms with E-state index in [0.29, 0.717) is 0 Å². The Morgan fingerprint density at radius 1 is 1.06 bits per heavy atom. The second-order valence-corrected chi connectivity index (χ2v) is 6.46. The first-order chi connectivity index (χ1) is 8.88. The SMILES string of the molecule is CCC1C2CNCC2CN1CCN1CCCCC1. The van der Waals surface area contributed by atoms with Gasteiger partial charge in [-0.25, -0.2) is 0 Å². The van der Waals surface area contributed by atoms with Crippen molar-refractivity contribution in [1.29, 1.82) is 0 Å². The smallest absolute Gasteiger partial charge is 0.0137 e. The predicted molar refractivity (Wildman–Crippen MR) is 75.8 cm³/mol. The number of nitrogens with one attached hydrogen (secondary N) is 1. The van der Waals surface area contributed by atoms with Crippen LogP contribution in [0.3, 0.4) is 0 Å². The standard InChI is InChI=1S/C15H29N3/c1-2-15-14-11-16-10-13(14)12-18(15)9-8-17-6-4-3-5-7-17/h13-16H,2-12H2,1H3. The molecule has 3 heterocycles. The zero-order valence-electron chi connectivity index (χ0n) is 11.9. The first-order valence-corrected chi connectivity index (χ1v) is 8.05. The topological polar surface area (TPSA) is 18.5 Å². The summed E-state index contributed by atoms with van der Waals surface area (Å²) in [5, 5.41) is 3.58. The first kappa shape index (κ1) is 12.9. The molecule has 18 heavy (non-hydrogen) atoms. The first-order valence-electron chi connectivity index (χ1n) is 8.05. The monoisotopic (exact) mass is 251 g/mol. The van der Waals surface area contributed by atoms with Gasteiger partial charge in [0.05, 0.1) is 0 Å². The summed E-state index contributed by atoms with van der Waals surface area (Å²) in [7, 11) is 0. The van der Waals surface area contributed by atoms with Crippen molar-refractivity contribution in [3.63, 3.8) is 0 Å². The van der Waals surface area contributed by atoms with Gasteiger partial charge in [-0.05, 0) is 57.3 Å². The van der Waals surface area contributed by atoms with Crippen molar-refractivity contribution >= 4 is 0 Å². The normalized spacial score (nSPS) is 38.2. The molecule has 3 aliphatic rings. The molecule has 0 aliphatic carbocycles. The third-order valence-corrected chi connectivity index (χ3v) is 5.39. The van der Waals surface area contributed by atoms with E-state index >= 15 is 0 Å². The van der Waals surface area contributed by atoms with Crippen molar-refractivity contribution in [2.75, 3.05) is 45.8 Å². The van der Waals surface area contributed by atoms with E-state index in [9.17, 15) is 0 Å². The molecule has 0 amide bonds. The van der Waals surface area contributed by atoms with E-state index in [1.54, 1.807) is 0 Å². The molecule has 0 radical (unpaired) electrons. The Morgan fingerprint density at radius 2 is 1.89 bits per heavy atom. The molecule has 3 atom stereocenters. The molecule has 3 rings (SSSR count). The Labute approximate surface area is 112 Å².